The zero-order chi connectivity index (χ0) is 45.7. The average molecular weight is 887 g/mol. The van der Waals surface area contributed by atoms with Crippen molar-refractivity contribution < 1.29 is 0 Å². The molecule has 0 bridgehead atoms. The summed E-state index contributed by atoms with van der Waals surface area (Å²) in [5.74, 6) is 0. The van der Waals surface area contributed by atoms with Crippen LogP contribution in [0, 0.1) is 0 Å². The van der Waals surface area contributed by atoms with Crippen molar-refractivity contribution in [3.63, 3.8) is 0 Å². The van der Waals surface area contributed by atoms with Crippen LogP contribution in [0.3, 0.4) is 0 Å². The van der Waals surface area contributed by atoms with Gasteiger partial charge in [-0.05, 0) is 126 Å². The molecular weight excluding hydrogens is 845 g/mol. The fourth-order valence-corrected chi connectivity index (χ4v) is 13.9. The fraction of sp³-hybridized carbons (Fsp3) is 0.0294. The molecule has 11 aromatic carbocycles. The Hall–Kier alpha value is -8.98. The molecule has 1 aromatic heterocycles. The van der Waals surface area contributed by atoms with E-state index in [0.29, 0.717) is 0 Å². The first-order valence-electron chi connectivity index (χ1n) is 24.5. The second-order valence-electron chi connectivity index (χ2n) is 19.4. The molecule has 70 heavy (non-hydrogen) atoms. The molecule has 324 valence electrons. The lowest BCUT2D eigenvalue weighted by atomic mass is 9.65. The largest absolute Gasteiger partial charge is 0.310 e. The molecule has 12 aromatic rings. The van der Waals surface area contributed by atoms with Crippen molar-refractivity contribution >= 4 is 38.9 Å². The lowest BCUT2D eigenvalue weighted by Gasteiger charge is -2.40. The maximum Gasteiger partial charge on any atom is 0.0755 e. The van der Waals surface area contributed by atoms with E-state index in [0.717, 1.165) is 17.1 Å². The Kier molecular flexibility index (Phi) is 7.51. The third kappa shape index (κ3) is 4.59. The van der Waals surface area contributed by atoms with Gasteiger partial charge in [-0.2, -0.15) is 0 Å². The van der Waals surface area contributed by atoms with E-state index >= 15 is 0 Å². The highest BCUT2D eigenvalue weighted by Gasteiger charge is 2.53. The minimum absolute atomic E-state index is 0.485. The zero-order valence-corrected chi connectivity index (χ0v) is 38.1. The number of anilines is 3. The molecule has 0 saturated carbocycles. The molecular formula is C68H42N2. The van der Waals surface area contributed by atoms with Gasteiger partial charge in [0.1, 0.15) is 0 Å². The van der Waals surface area contributed by atoms with Crippen LogP contribution in [0.15, 0.2) is 255 Å². The lowest BCUT2D eigenvalue weighted by Crippen LogP contribution is -2.33. The van der Waals surface area contributed by atoms with Gasteiger partial charge < -0.3 is 9.47 Å². The Balaban J connectivity index is 1.02. The van der Waals surface area contributed by atoms with E-state index in [9.17, 15) is 0 Å². The van der Waals surface area contributed by atoms with E-state index in [1.165, 1.54) is 117 Å². The number of hydrogen-bond acceptors (Lipinski definition) is 1. The summed E-state index contributed by atoms with van der Waals surface area (Å²) in [4.78, 5) is 2.55. The van der Waals surface area contributed by atoms with E-state index in [4.69, 9.17) is 0 Å². The van der Waals surface area contributed by atoms with Gasteiger partial charge in [0.2, 0.25) is 0 Å². The highest BCUT2D eigenvalue weighted by Crippen LogP contribution is 2.65. The molecule has 0 fully saturated rings. The summed E-state index contributed by atoms with van der Waals surface area (Å²) in [7, 11) is 0. The number of fused-ring (bicyclic) bond motifs is 22. The molecule has 0 amide bonds. The van der Waals surface area contributed by atoms with Crippen molar-refractivity contribution in [2.75, 3.05) is 4.90 Å². The van der Waals surface area contributed by atoms with Gasteiger partial charge in [-0.25, -0.2) is 0 Å². The lowest BCUT2D eigenvalue weighted by molar-refractivity contribution is 0.748. The van der Waals surface area contributed by atoms with Gasteiger partial charge in [-0.3, -0.25) is 0 Å². The number of nitrogens with zero attached hydrogens (tertiary/aromatic N) is 2. The smallest absolute Gasteiger partial charge is 0.0755 e. The number of rotatable bonds is 4. The molecule has 0 atom stereocenters. The van der Waals surface area contributed by atoms with E-state index < -0.39 is 10.8 Å². The van der Waals surface area contributed by atoms with Crippen LogP contribution in [0.25, 0.3) is 72.0 Å². The van der Waals surface area contributed by atoms with Gasteiger partial charge in [0, 0.05) is 27.7 Å². The summed E-state index contributed by atoms with van der Waals surface area (Å²) in [5, 5.41) is 2.55. The Bertz CT molecular complexity index is 4100. The van der Waals surface area contributed by atoms with E-state index in [-0.39, 0.29) is 0 Å². The summed E-state index contributed by atoms with van der Waals surface area (Å²) >= 11 is 0. The predicted octanol–water partition coefficient (Wildman–Crippen LogP) is 16.9. The SMILES string of the molecule is c1ccc(-c2ccccc2N(c2ccc3c(c2)C2(c4ccccc4-c4ccccc42)c2ccccc2-3)c2ccc3c(c2)C2(c4ccccc4-c4ccccc42)c2cccc4c5ccccc5n-3c24)cc1. The van der Waals surface area contributed by atoms with E-state index in [2.05, 4.69) is 264 Å². The predicted molar refractivity (Wildman–Crippen MR) is 288 cm³/mol. The van der Waals surface area contributed by atoms with Crippen LogP contribution in [-0.4, -0.2) is 4.57 Å². The first-order valence-corrected chi connectivity index (χ1v) is 24.5. The summed E-state index contributed by atoms with van der Waals surface area (Å²) < 4.78 is 2.56. The summed E-state index contributed by atoms with van der Waals surface area (Å²) in [6, 6.07) is 96.2. The van der Waals surface area contributed by atoms with Crippen LogP contribution in [0.4, 0.5) is 17.1 Å². The molecule has 2 heteroatoms. The quantitative estimate of drug-likeness (QED) is 0.171. The van der Waals surface area contributed by atoms with Gasteiger partial charge >= 0.3 is 0 Å². The maximum absolute atomic E-state index is 2.56. The average Bonchev–Trinajstić information content (AvgIpc) is 4.13. The van der Waals surface area contributed by atoms with Crippen LogP contribution in [0.1, 0.15) is 44.5 Å². The zero-order valence-electron chi connectivity index (χ0n) is 38.1. The highest BCUT2D eigenvalue weighted by atomic mass is 15.1. The van der Waals surface area contributed by atoms with Crippen molar-refractivity contribution in [1.29, 1.82) is 0 Å². The Morgan fingerprint density at radius 3 is 1.31 bits per heavy atom. The Labute approximate surface area is 406 Å². The van der Waals surface area contributed by atoms with Crippen molar-refractivity contribution in [1.82, 2.24) is 4.57 Å². The third-order valence-corrected chi connectivity index (χ3v) is 16.4. The molecule has 3 aliphatic carbocycles. The number of hydrogen-bond donors (Lipinski definition) is 0. The molecule has 1 aliphatic heterocycles. The summed E-state index contributed by atoms with van der Waals surface area (Å²) in [6.07, 6.45) is 0. The van der Waals surface area contributed by atoms with Crippen LogP contribution >= 0.6 is 0 Å². The van der Waals surface area contributed by atoms with Crippen LogP contribution in [-0.2, 0) is 10.8 Å². The van der Waals surface area contributed by atoms with Gasteiger partial charge in [0.25, 0.3) is 0 Å². The third-order valence-electron chi connectivity index (χ3n) is 16.4. The molecule has 16 rings (SSSR count). The normalized spacial score (nSPS) is 14.2. The van der Waals surface area contributed by atoms with E-state index in [1.54, 1.807) is 0 Å². The van der Waals surface area contributed by atoms with Crippen molar-refractivity contribution in [3.05, 3.63) is 299 Å². The van der Waals surface area contributed by atoms with Crippen LogP contribution in [0.5, 0.6) is 0 Å². The van der Waals surface area contributed by atoms with Crippen molar-refractivity contribution in [2.45, 2.75) is 10.8 Å². The second kappa shape index (κ2) is 13.8. The molecule has 2 spiro atoms. The number of benzene rings is 11. The first-order chi connectivity index (χ1) is 34.8. The number of aromatic nitrogens is 1. The van der Waals surface area contributed by atoms with Crippen molar-refractivity contribution in [3.8, 4) is 50.2 Å². The molecule has 2 nitrogen and oxygen atoms in total. The monoisotopic (exact) mass is 886 g/mol. The van der Waals surface area contributed by atoms with Crippen LogP contribution in [0.2, 0.25) is 0 Å². The summed E-state index contributed by atoms with van der Waals surface area (Å²) in [5.41, 5.74) is 26.7. The molecule has 0 unspecified atom stereocenters. The Morgan fingerprint density at radius 2 is 0.714 bits per heavy atom. The van der Waals surface area contributed by atoms with Gasteiger partial charge in [-0.15, -0.1) is 0 Å². The topological polar surface area (TPSA) is 8.17 Å². The summed E-state index contributed by atoms with van der Waals surface area (Å²) in [6.45, 7) is 0. The second-order valence-corrected chi connectivity index (χ2v) is 19.4. The van der Waals surface area contributed by atoms with E-state index in [1.807, 2.05) is 0 Å². The first kappa shape index (κ1) is 38.0. The van der Waals surface area contributed by atoms with Gasteiger partial charge in [-0.1, -0.05) is 212 Å². The highest BCUT2D eigenvalue weighted by molar-refractivity contribution is 6.13. The van der Waals surface area contributed by atoms with Gasteiger partial charge in [0.15, 0.2) is 0 Å². The van der Waals surface area contributed by atoms with Crippen molar-refractivity contribution in [2.24, 2.45) is 0 Å². The minimum atomic E-state index is -0.589. The standard InChI is InChI=1S/C68H42N2/c1-2-19-43(20-3-1)46-21-9-16-35-63(46)69(44-37-39-52-51-26-8-13-31-57(51)67(61(52)41-44)55-29-11-4-22-47(55)48-23-5-12-30-56(48)67)45-38-40-65-62(42-45)68(58-32-14-6-24-49(58)50-25-7-15-33-59(50)68)60-34-18-28-54-53-27-10-17-36-64(53)70(65)66(54)60/h1-42H. The minimum Gasteiger partial charge on any atom is -0.310 e. The molecule has 4 aliphatic rings. The maximum atomic E-state index is 2.56. The molecule has 0 N–H and O–H groups in total. The number of para-hydroxylation sites is 3. The molecule has 0 saturated heterocycles. The Morgan fingerprint density at radius 1 is 0.286 bits per heavy atom. The molecule has 2 heterocycles. The molecule has 0 radical (unpaired) electrons. The fourth-order valence-electron chi connectivity index (χ4n) is 13.9. The van der Waals surface area contributed by atoms with Gasteiger partial charge in [0.05, 0.1) is 33.2 Å². The van der Waals surface area contributed by atoms with Crippen LogP contribution < -0.4 is 4.90 Å².